The largest absolute Gasteiger partial charge is 0.487 e. The van der Waals surface area contributed by atoms with E-state index in [9.17, 15) is 0 Å². The Morgan fingerprint density at radius 3 is 2.90 bits per heavy atom. The molecule has 1 fully saturated rings. The van der Waals surface area contributed by atoms with Gasteiger partial charge in [-0.25, -0.2) is 0 Å². The summed E-state index contributed by atoms with van der Waals surface area (Å²) >= 11 is 3.59. The van der Waals surface area contributed by atoms with E-state index in [1.165, 1.54) is 24.8 Å². The molecule has 116 valence electrons. The fourth-order valence-corrected chi connectivity index (χ4v) is 4.50. The van der Waals surface area contributed by atoms with E-state index in [0.717, 1.165) is 29.1 Å². The van der Waals surface area contributed by atoms with Crippen LogP contribution in [0.2, 0.25) is 0 Å². The summed E-state index contributed by atoms with van der Waals surface area (Å²) < 4.78 is 7.71. The van der Waals surface area contributed by atoms with E-state index in [1.54, 1.807) is 0 Å². The summed E-state index contributed by atoms with van der Waals surface area (Å²) in [6.45, 7) is 7.94. The molecule has 1 spiro atoms. The molecule has 4 atom stereocenters. The van der Waals surface area contributed by atoms with Crippen LogP contribution >= 0.6 is 15.9 Å². The Labute approximate surface area is 136 Å². The first kappa shape index (κ1) is 15.4. The first-order valence-electron chi connectivity index (χ1n) is 8.26. The number of ether oxygens (including phenoxy) is 1. The van der Waals surface area contributed by atoms with Crippen molar-refractivity contribution in [3.05, 3.63) is 28.2 Å². The molecule has 2 aliphatic rings. The predicted octanol–water partition coefficient (Wildman–Crippen LogP) is 5.08. The molecule has 1 aliphatic heterocycles. The Bertz CT molecular complexity index is 518. The number of hydrogen-bond donors (Lipinski definition) is 1. The summed E-state index contributed by atoms with van der Waals surface area (Å²) in [5.41, 5.74) is 1.34. The molecule has 3 rings (SSSR count). The number of benzene rings is 1. The van der Waals surface area contributed by atoms with Gasteiger partial charge in [-0.05, 0) is 49.8 Å². The lowest BCUT2D eigenvalue weighted by Gasteiger charge is -2.49. The van der Waals surface area contributed by atoms with E-state index in [-0.39, 0.29) is 5.60 Å². The van der Waals surface area contributed by atoms with Crippen LogP contribution < -0.4 is 10.1 Å². The van der Waals surface area contributed by atoms with Crippen LogP contribution in [0.15, 0.2) is 22.7 Å². The highest BCUT2D eigenvalue weighted by Gasteiger charge is 2.47. The van der Waals surface area contributed by atoms with Crippen LogP contribution in [0.25, 0.3) is 0 Å². The van der Waals surface area contributed by atoms with Gasteiger partial charge in [0.2, 0.25) is 0 Å². The quantitative estimate of drug-likeness (QED) is 0.802. The minimum atomic E-state index is 0.0210. The zero-order valence-electron chi connectivity index (χ0n) is 13.3. The van der Waals surface area contributed by atoms with Gasteiger partial charge in [-0.3, -0.25) is 0 Å². The van der Waals surface area contributed by atoms with Crippen LogP contribution in [0.4, 0.5) is 0 Å². The highest BCUT2D eigenvalue weighted by Crippen LogP contribution is 2.50. The third-order valence-electron chi connectivity index (χ3n) is 5.38. The molecule has 1 aliphatic carbocycles. The maximum absolute atomic E-state index is 6.61. The van der Waals surface area contributed by atoms with E-state index < -0.39 is 0 Å². The fourth-order valence-electron chi connectivity index (χ4n) is 4.16. The van der Waals surface area contributed by atoms with Gasteiger partial charge in [-0.2, -0.15) is 0 Å². The Morgan fingerprint density at radius 1 is 1.38 bits per heavy atom. The van der Waals surface area contributed by atoms with Gasteiger partial charge in [-0.15, -0.1) is 0 Å². The van der Waals surface area contributed by atoms with Gasteiger partial charge >= 0.3 is 0 Å². The molecular formula is C18H26BrNO. The molecule has 0 radical (unpaired) electrons. The zero-order chi connectivity index (χ0) is 15.0. The molecule has 3 heteroatoms. The second-order valence-electron chi connectivity index (χ2n) is 6.94. The van der Waals surface area contributed by atoms with E-state index in [4.69, 9.17) is 4.74 Å². The van der Waals surface area contributed by atoms with Crippen molar-refractivity contribution in [2.75, 3.05) is 6.54 Å². The third kappa shape index (κ3) is 2.87. The molecule has 2 nitrogen and oxygen atoms in total. The number of rotatable bonds is 2. The van der Waals surface area contributed by atoms with Crippen molar-refractivity contribution < 1.29 is 4.74 Å². The van der Waals surface area contributed by atoms with Crippen molar-refractivity contribution in [3.8, 4) is 5.75 Å². The molecule has 0 saturated heterocycles. The minimum absolute atomic E-state index is 0.0210. The third-order valence-corrected chi connectivity index (χ3v) is 5.87. The second-order valence-corrected chi connectivity index (χ2v) is 7.86. The number of halogens is 1. The smallest absolute Gasteiger partial charge is 0.126 e. The minimum Gasteiger partial charge on any atom is -0.487 e. The fraction of sp³-hybridized carbons (Fsp3) is 0.667. The molecule has 0 aromatic heterocycles. The van der Waals surface area contributed by atoms with Crippen molar-refractivity contribution in [3.63, 3.8) is 0 Å². The molecule has 1 N–H and O–H groups in total. The summed E-state index contributed by atoms with van der Waals surface area (Å²) in [7, 11) is 0. The summed E-state index contributed by atoms with van der Waals surface area (Å²) in [5, 5.41) is 3.67. The van der Waals surface area contributed by atoms with Gasteiger partial charge in [0.15, 0.2) is 0 Å². The van der Waals surface area contributed by atoms with E-state index in [0.29, 0.717) is 12.0 Å². The normalized spacial score (nSPS) is 35.3. The standard InChI is InChI=1S/C18H26BrNO/c1-4-20-16-11-18(8-7-12(2)9-13(18)3)21-17-10-14(19)5-6-15(16)17/h5-6,10,12-13,16,20H,4,7-9,11H2,1-3H3. The zero-order valence-corrected chi connectivity index (χ0v) is 14.9. The monoisotopic (exact) mass is 351 g/mol. The first-order chi connectivity index (χ1) is 10.0. The molecule has 1 aromatic rings. The Morgan fingerprint density at radius 2 is 2.19 bits per heavy atom. The predicted molar refractivity (Wildman–Crippen MR) is 90.7 cm³/mol. The highest BCUT2D eigenvalue weighted by molar-refractivity contribution is 9.10. The SMILES string of the molecule is CCNC1CC2(CCC(C)CC2C)Oc2cc(Br)ccc21. The van der Waals surface area contributed by atoms with Crippen LogP contribution in [0.5, 0.6) is 5.75 Å². The van der Waals surface area contributed by atoms with Crippen molar-refractivity contribution in [2.24, 2.45) is 11.8 Å². The lowest BCUT2D eigenvalue weighted by Crippen LogP contribution is -2.51. The maximum atomic E-state index is 6.61. The topological polar surface area (TPSA) is 21.3 Å². The molecule has 0 bridgehead atoms. The van der Waals surface area contributed by atoms with Crippen LogP contribution in [0, 0.1) is 11.8 Å². The molecule has 21 heavy (non-hydrogen) atoms. The van der Waals surface area contributed by atoms with Crippen LogP contribution in [0.1, 0.15) is 58.1 Å². The van der Waals surface area contributed by atoms with Gasteiger partial charge in [0.1, 0.15) is 11.4 Å². The highest BCUT2D eigenvalue weighted by atomic mass is 79.9. The Balaban J connectivity index is 1.96. The Kier molecular flexibility index (Phi) is 4.33. The number of hydrogen-bond acceptors (Lipinski definition) is 2. The summed E-state index contributed by atoms with van der Waals surface area (Å²) in [4.78, 5) is 0. The maximum Gasteiger partial charge on any atom is 0.126 e. The van der Waals surface area contributed by atoms with E-state index in [1.807, 2.05) is 0 Å². The van der Waals surface area contributed by atoms with E-state index >= 15 is 0 Å². The van der Waals surface area contributed by atoms with Crippen molar-refractivity contribution in [2.45, 2.75) is 58.1 Å². The average Bonchev–Trinajstić information content (AvgIpc) is 2.43. The number of nitrogens with one attached hydrogen (secondary N) is 1. The first-order valence-corrected chi connectivity index (χ1v) is 9.05. The van der Waals surface area contributed by atoms with Crippen LogP contribution in [-0.2, 0) is 0 Å². The van der Waals surface area contributed by atoms with Crippen molar-refractivity contribution in [1.29, 1.82) is 0 Å². The lowest BCUT2D eigenvalue weighted by atomic mass is 9.68. The lowest BCUT2D eigenvalue weighted by molar-refractivity contribution is -0.0551. The van der Waals surface area contributed by atoms with Crippen LogP contribution in [0.3, 0.4) is 0 Å². The number of fused-ring (bicyclic) bond motifs is 1. The van der Waals surface area contributed by atoms with Gasteiger partial charge in [0.05, 0.1) is 0 Å². The summed E-state index contributed by atoms with van der Waals surface area (Å²) in [6.07, 6.45) is 4.85. The molecule has 1 aromatic carbocycles. The van der Waals surface area contributed by atoms with Gasteiger partial charge < -0.3 is 10.1 Å². The molecule has 4 unspecified atom stereocenters. The summed E-state index contributed by atoms with van der Waals surface area (Å²) in [6, 6.07) is 6.89. The second kappa shape index (κ2) is 5.92. The molecular weight excluding hydrogens is 326 g/mol. The van der Waals surface area contributed by atoms with Gasteiger partial charge in [-0.1, -0.05) is 42.8 Å². The summed E-state index contributed by atoms with van der Waals surface area (Å²) in [5.74, 6) is 2.52. The van der Waals surface area contributed by atoms with Crippen molar-refractivity contribution >= 4 is 15.9 Å². The van der Waals surface area contributed by atoms with E-state index in [2.05, 4.69) is 60.2 Å². The average molecular weight is 352 g/mol. The molecule has 0 amide bonds. The van der Waals surface area contributed by atoms with Crippen molar-refractivity contribution in [1.82, 2.24) is 5.32 Å². The van der Waals surface area contributed by atoms with Crippen LogP contribution in [-0.4, -0.2) is 12.1 Å². The molecule has 1 heterocycles. The van der Waals surface area contributed by atoms with Gasteiger partial charge in [0.25, 0.3) is 0 Å². The molecule has 1 saturated carbocycles. The van der Waals surface area contributed by atoms with Gasteiger partial charge in [0, 0.05) is 22.5 Å². The Hall–Kier alpha value is -0.540.